The van der Waals surface area contributed by atoms with E-state index in [4.69, 9.17) is 16.3 Å². The number of rotatable bonds is 10. The van der Waals surface area contributed by atoms with E-state index in [1.165, 1.54) is 11.8 Å². The maximum Gasteiger partial charge on any atom is 0.230 e. The standard InChI is InChI=1S/C15H21ClN6O2S/c1-21(2)8-9-22-15(18-19-20-22)25-11-14(23)17-7-10-24-13-5-3-12(16)4-6-13/h3-6H,7-11H2,1-2H3,(H,17,23). The number of halogens is 1. The Kier molecular flexibility index (Phi) is 7.96. The van der Waals surface area contributed by atoms with Crippen molar-refractivity contribution < 1.29 is 9.53 Å². The van der Waals surface area contributed by atoms with Gasteiger partial charge in [0.2, 0.25) is 11.1 Å². The first kappa shape index (κ1) is 19.5. The SMILES string of the molecule is CN(C)CCn1nnnc1SCC(=O)NCCOc1ccc(Cl)cc1. The molecular formula is C15H21ClN6O2S. The van der Waals surface area contributed by atoms with Gasteiger partial charge in [-0.15, -0.1) is 5.10 Å². The molecule has 8 nitrogen and oxygen atoms in total. The topological polar surface area (TPSA) is 85.2 Å². The van der Waals surface area contributed by atoms with Gasteiger partial charge >= 0.3 is 0 Å². The maximum atomic E-state index is 11.9. The summed E-state index contributed by atoms with van der Waals surface area (Å²) in [7, 11) is 3.97. The molecular weight excluding hydrogens is 364 g/mol. The first-order valence-electron chi connectivity index (χ1n) is 7.73. The zero-order valence-electron chi connectivity index (χ0n) is 14.2. The summed E-state index contributed by atoms with van der Waals surface area (Å²) in [4.78, 5) is 13.9. The molecule has 0 spiro atoms. The summed E-state index contributed by atoms with van der Waals surface area (Å²) < 4.78 is 7.21. The Morgan fingerprint density at radius 2 is 2.12 bits per heavy atom. The summed E-state index contributed by atoms with van der Waals surface area (Å²) >= 11 is 7.12. The smallest absolute Gasteiger partial charge is 0.230 e. The van der Waals surface area contributed by atoms with E-state index in [9.17, 15) is 4.79 Å². The van der Waals surface area contributed by atoms with E-state index in [2.05, 4.69) is 20.8 Å². The number of amides is 1. The fourth-order valence-electron chi connectivity index (χ4n) is 1.81. The van der Waals surface area contributed by atoms with Crippen molar-refractivity contribution in [3.8, 4) is 5.75 Å². The Bertz CT molecular complexity index is 664. The summed E-state index contributed by atoms with van der Waals surface area (Å²) in [6.07, 6.45) is 0. The van der Waals surface area contributed by atoms with Crippen molar-refractivity contribution >= 4 is 29.3 Å². The Morgan fingerprint density at radius 3 is 2.84 bits per heavy atom. The average molecular weight is 385 g/mol. The summed E-state index contributed by atoms with van der Waals surface area (Å²) in [6, 6.07) is 7.08. The number of benzene rings is 1. The van der Waals surface area contributed by atoms with Crippen LogP contribution in [0.1, 0.15) is 0 Å². The van der Waals surface area contributed by atoms with Gasteiger partial charge in [-0.05, 0) is 48.8 Å². The highest BCUT2D eigenvalue weighted by atomic mass is 35.5. The van der Waals surface area contributed by atoms with Crippen LogP contribution in [0.4, 0.5) is 0 Å². The molecule has 1 aromatic heterocycles. The highest BCUT2D eigenvalue weighted by molar-refractivity contribution is 7.99. The number of tetrazole rings is 1. The van der Waals surface area contributed by atoms with E-state index in [0.29, 0.717) is 35.6 Å². The quantitative estimate of drug-likeness (QED) is 0.486. The van der Waals surface area contributed by atoms with Crippen LogP contribution in [0, 0.1) is 0 Å². The molecule has 1 heterocycles. The summed E-state index contributed by atoms with van der Waals surface area (Å²) in [5.41, 5.74) is 0. The molecule has 0 saturated heterocycles. The number of hydrogen-bond acceptors (Lipinski definition) is 7. The van der Waals surface area contributed by atoms with Crippen LogP contribution in [0.5, 0.6) is 5.75 Å². The van der Waals surface area contributed by atoms with Gasteiger partial charge in [0.05, 0.1) is 18.8 Å². The zero-order valence-corrected chi connectivity index (χ0v) is 15.8. The van der Waals surface area contributed by atoms with Crippen LogP contribution >= 0.6 is 23.4 Å². The minimum atomic E-state index is -0.0909. The molecule has 0 aliphatic heterocycles. The van der Waals surface area contributed by atoms with Crippen LogP contribution < -0.4 is 10.1 Å². The van der Waals surface area contributed by atoms with E-state index in [1.54, 1.807) is 28.9 Å². The summed E-state index contributed by atoms with van der Waals surface area (Å²) in [6.45, 7) is 2.32. The molecule has 0 aliphatic carbocycles. The lowest BCUT2D eigenvalue weighted by Gasteiger charge is -2.10. The third-order valence-corrected chi connectivity index (χ3v) is 4.31. The number of ether oxygens (including phenoxy) is 1. The van der Waals surface area contributed by atoms with Crippen molar-refractivity contribution in [3.63, 3.8) is 0 Å². The molecule has 1 aromatic carbocycles. The number of aromatic nitrogens is 4. The Labute approximate surface area is 155 Å². The minimum Gasteiger partial charge on any atom is -0.492 e. The lowest BCUT2D eigenvalue weighted by atomic mass is 10.3. The fraction of sp³-hybridized carbons (Fsp3) is 0.467. The van der Waals surface area contributed by atoms with Crippen LogP contribution in [0.15, 0.2) is 29.4 Å². The molecule has 2 rings (SSSR count). The van der Waals surface area contributed by atoms with Gasteiger partial charge in [-0.3, -0.25) is 4.79 Å². The van der Waals surface area contributed by atoms with Gasteiger partial charge in [0.1, 0.15) is 12.4 Å². The Hall–Kier alpha value is -1.84. The number of carbonyl (C=O) groups excluding carboxylic acids is 1. The molecule has 25 heavy (non-hydrogen) atoms. The van der Waals surface area contributed by atoms with Crippen LogP contribution in [0.2, 0.25) is 5.02 Å². The largest absolute Gasteiger partial charge is 0.492 e. The van der Waals surface area contributed by atoms with Crippen molar-refractivity contribution in [1.29, 1.82) is 0 Å². The van der Waals surface area contributed by atoms with Gasteiger partial charge in [0.15, 0.2) is 0 Å². The Morgan fingerprint density at radius 1 is 1.36 bits per heavy atom. The molecule has 0 radical (unpaired) electrons. The molecule has 0 unspecified atom stereocenters. The van der Waals surface area contributed by atoms with Crippen LogP contribution in [-0.2, 0) is 11.3 Å². The van der Waals surface area contributed by atoms with Crippen LogP contribution in [0.25, 0.3) is 0 Å². The van der Waals surface area contributed by atoms with E-state index in [1.807, 2.05) is 19.0 Å². The molecule has 0 fully saturated rings. The van der Waals surface area contributed by atoms with Gasteiger partial charge in [-0.1, -0.05) is 23.4 Å². The molecule has 10 heteroatoms. The molecule has 1 amide bonds. The number of likely N-dealkylation sites (N-methyl/N-ethyl adjacent to an activating group) is 1. The van der Waals surface area contributed by atoms with E-state index in [0.717, 1.165) is 6.54 Å². The van der Waals surface area contributed by atoms with Crippen molar-refractivity contribution in [2.24, 2.45) is 0 Å². The van der Waals surface area contributed by atoms with Crippen molar-refractivity contribution in [1.82, 2.24) is 30.4 Å². The second kappa shape index (κ2) is 10.2. The number of thioether (sulfide) groups is 1. The predicted molar refractivity (Wildman–Crippen MR) is 97.1 cm³/mol. The lowest BCUT2D eigenvalue weighted by Crippen LogP contribution is -2.29. The van der Waals surface area contributed by atoms with Crippen molar-refractivity contribution in [2.45, 2.75) is 11.7 Å². The number of carbonyl (C=O) groups is 1. The number of nitrogens with zero attached hydrogens (tertiary/aromatic N) is 5. The highest BCUT2D eigenvalue weighted by Crippen LogP contribution is 2.15. The van der Waals surface area contributed by atoms with Crippen molar-refractivity contribution in [2.75, 3.05) is 39.5 Å². The molecule has 0 aliphatic rings. The van der Waals surface area contributed by atoms with Crippen molar-refractivity contribution in [3.05, 3.63) is 29.3 Å². The van der Waals surface area contributed by atoms with Gasteiger partial charge in [-0.25, -0.2) is 4.68 Å². The van der Waals surface area contributed by atoms with Crippen LogP contribution in [-0.4, -0.2) is 70.6 Å². The van der Waals surface area contributed by atoms with E-state index < -0.39 is 0 Å². The molecule has 0 saturated carbocycles. The predicted octanol–water partition coefficient (Wildman–Crippen LogP) is 1.18. The summed E-state index contributed by atoms with van der Waals surface area (Å²) in [5, 5.41) is 15.6. The third kappa shape index (κ3) is 7.29. The maximum absolute atomic E-state index is 11.9. The first-order chi connectivity index (χ1) is 12.0. The van der Waals surface area contributed by atoms with Gasteiger partial charge in [0, 0.05) is 11.6 Å². The van der Waals surface area contributed by atoms with E-state index in [-0.39, 0.29) is 11.7 Å². The molecule has 0 bridgehead atoms. The second-order valence-electron chi connectivity index (χ2n) is 5.43. The van der Waals surface area contributed by atoms with Gasteiger partial charge in [-0.2, -0.15) is 0 Å². The molecule has 1 N–H and O–H groups in total. The zero-order chi connectivity index (χ0) is 18.1. The normalized spacial score (nSPS) is 10.9. The highest BCUT2D eigenvalue weighted by Gasteiger charge is 2.10. The van der Waals surface area contributed by atoms with Crippen LogP contribution in [0.3, 0.4) is 0 Å². The van der Waals surface area contributed by atoms with Gasteiger partial charge in [0.25, 0.3) is 0 Å². The lowest BCUT2D eigenvalue weighted by molar-refractivity contribution is -0.118. The fourth-order valence-corrected chi connectivity index (χ4v) is 2.67. The van der Waals surface area contributed by atoms with E-state index >= 15 is 0 Å². The monoisotopic (exact) mass is 384 g/mol. The second-order valence-corrected chi connectivity index (χ2v) is 6.81. The van der Waals surface area contributed by atoms with Gasteiger partial charge < -0.3 is 15.0 Å². The molecule has 0 atom stereocenters. The minimum absolute atomic E-state index is 0.0909. The third-order valence-electron chi connectivity index (χ3n) is 3.10. The average Bonchev–Trinajstić information content (AvgIpc) is 3.04. The first-order valence-corrected chi connectivity index (χ1v) is 9.09. The number of nitrogens with one attached hydrogen (secondary N) is 1. The molecule has 136 valence electrons. The molecule has 2 aromatic rings. The Balaban J connectivity index is 1.64. The number of hydrogen-bond donors (Lipinski definition) is 1. The summed E-state index contributed by atoms with van der Waals surface area (Å²) in [5.74, 6) is 0.878.